The standard InChI is InChI=1S/C19H23N3O4/c1-13-5-8-18(14(2)11-13)26-10-9-20-19(23)16-12-15(22(24)25)6-7-17(16)21(3)4/h5-8,11-12H,9-10H2,1-4H3,(H,20,23). The molecule has 0 radical (unpaired) electrons. The van der Waals surface area contributed by atoms with Gasteiger partial charge in [-0.25, -0.2) is 0 Å². The van der Waals surface area contributed by atoms with E-state index in [2.05, 4.69) is 5.32 Å². The molecular formula is C19H23N3O4. The van der Waals surface area contributed by atoms with E-state index in [9.17, 15) is 14.9 Å². The number of nitrogens with zero attached hydrogens (tertiary/aromatic N) is 2. The summed E-state index contributed by atoms with van der Waals surface area (Å²) in [7, 11) is 3.56. The molecule has 138 valence electrons. The summed E-state index contributed by atoms with van der Waals surface area (Å²) in [6.07, 6.45) is 0. The molecule has 2 aromatic rings. The van der Waals surface area contributed by atoms with Crippen LogP contribution in [-0.4, -0.2) is 38.1 Å². The number of carbonyl (C=O) groups is 1. The second kappa shape index (κ2) is 8.33. The zero-order valence-electron chi connectivity index (χ0n) is 15.4. The number of rotatable bonds is 7. The zero-order valence-corrected chi connectivity index (χ0v) is 15.4. The molecule has 7 nitrogen and oxygen atoms in total. The first-order chi connectivity index (χ1) is 12.3. The smallest absolute Gasteiger partial charge is 0.270 e. The van der Waals surface area contributed by atoms with Crippen LogP contribution in [0.25, 0.3) is 0 Å². The van der Waals surface area contributed by atoms with Crippen molar-refractivity contribution in [3.8, 4) is 5.75 Å². The van der Waals surface area contributed by atoms with Gasteiger partial charge in [0.15, 0.2) is 0 Å². The lowest BCUT2D eigenvalue weighted by Gasteiger charge is -2.17. The van der Waals surface area contributed by atoms with Gasteiger partial charge >= 0.3 is 0 Å². The molecule has 0 bridgehead atoms. The second-order valence-corrected chi connectivity index (χ2v) is 6.23. The Kier molecular flexibility index (Phi) is 6.16. The number of carbonyl (C=O) groups excluding carboxylic acids is 1. The van der Waals surface area contributed by atoms with Gasteiger partial charge in [-0.15, -0.1) is 0 Å². The molecule has 1 N–H and O–H groups in total. The van der Waals surface area contributed by atoms with E-state index < -0.39 is 4.92 Å². The van der Waals surface area contributed by atoms with Crippen LogP contribution in [0.5, 0.6) is 5.75 Å². The van der Waals surface area contributed by atoms with Crippen molar-refractivity contribution in [2.24, 2.45) is 0 Å². The number of ether oxygens (including phenoxy) is 1. The molecule has 0 unspecified atom stereocenters. The summed E-state index contributed by atoms with van der Waals surface area (Å²) < 4.78 is 5.68. The number of aryl methyl sites for hydroxylation is 2. The fraction of sp³-hybridized carbons (Fsp3) is 0.316. The highest BCUT2D eigenvalue weighted by atomic mass is 16.6. The maximum Gasteiger partial charge on any atom is 0.270 e. The number of anilines is 1. The van der Waals surface area contributed by atoms with Gasteiger partial charge in [0.05, 0.1) is 17.0 Å². The molecule has 0 aliphatic carbocycles. The number of hydrogen-bond donors (Lipinski definition) is 1. The molecule has 1 amide bonds. The van der Waals surface area contributed by atoms with Crippen LogP contribution in [0.4, 0.5) is 11.4 Å². The molecule has 0 saturated heterocycles. The first-order valence-electron chi connectivity index (χ1n) is 8.23. The topological polar surface area (TPSA) is 84.7 Å². The number of hydrogen-bond acceptors (Lipinski definition) is 5. The first kappa shape index (κ1) is 19.2. The van der Waals surface area contributed by atoms with Crippen LogP contribution >= 0.6 is 0 Å². The quantitative estimate of drug-likeness (QED) is 0.468. The lowest BCUT2D eigenvalue weighted by Crippen LogP contribution is -2.29. The molecule has 0 spiro atoms. The van der Waals surface area contributed by atoms with Gasteiger partial charge in [0.2, 0.25) is 0 Å². The molecule has 2 rings (SSSR count). The zero-order chi connectivity index (χ0) is 19.3. The lowest BCUT2D eigenvalue weighted by atomic mass is 10.1. The van der Waals surface area contributed by atoms with E-state index in [1.54, 1.807) is 25.1 Å². The predicted molar refractivity (Wildman–Crippen MR) is 101 cm³/mol. The van der Waals surface area contributed by atoms with E-state index >= 15 is 0 Å². The molecule has 26 heavy (non-hydrogen) atoms. The van der Waals surface area contributed by atoms with Crippen molar-refractivity contribution in [1.29, 1.82) is 0 Å². The minimum absolute atomic E-state index is 0.118. The van der Waals surface area contributed by atoms with Gasteiger partial charge in [-0.05, 0) is 31.5 Å². The molecular weight excluding hydrogens is 334 g/mol. The third kappa shape index (κ3) is 4.72. The van der Waals surface area contributed by atoms with Crippen LogP contribution in [0.2, 0.25) is 0 Å². The Bertz CT molecular complexity index is 818. The van der Waals surface area contributed by atoms with E-state index in [1.807, 2.05) is 32.0 Å². The van der Waals surface area contributed by atoms with Crippen LogP contribution in [0.1, 0.15) is 21.5 Å². The second-order valence-electron chi connectivity index (χ2n) is 6.23. The van der Waals surface area contributed by atoms with Crippen LogP contribution < -0.4 is 15.0 Å². The van der Waals surface area contributed by atoms with Crippen molar-refractivity contribution in [3.05, 3.63) is 63.2 Å². The van der Waals surface area contributed by atoms with E-state index in [-0.39, 0.29) is 17.2 Å². The Balaban J connectivity index is 2.01. The van der Waals surface area contributed by atoms with Crippen LogP contribution in [0, 0.1) is 24.0 Å². The highest BCUT2D eigenvalue weighted by Crippen LogP contribution is 2.24. The van der Waals surface area contributed by atoms with E-state index in [0.29, 0.717) is 18.8 Å². The number of nitro benzene ring substituents is 1. The molecule has 0 aromatic heterocycles. The summed E-state index contributed by atoms with van der Waals surface area (Å²) in [5.74, 6) is 0.399. The SMILES string of the molecule is Cc1ccc(OCCNC(=O)c2cc([N+](=O)[O-])ccc2N(C)C)c(C)c1. The molecule has 0 atom stereocenters. The minimum atomic E-state index is -0.514. The van der Waals surface area contributed by atoms with Gasteiger partial charge in [-0.1, -0.05) is 17.7 Å². The van der Waals surface area contributed by atoms with Crippen LogP contribution in [-0.2, 0) is 0 Å². The molecule has 0 aliphatic heterocycles. The normalized spacial score (nSPS) is 10.3. The van der Waals surface area contributed by atoms with E-state index in [1.165, 1.54) is 12.1 Å². The minimum Gasteiger partial charge on any atom is -0.491 e. The number of nitrogens with one attached hydrogen (secondary N) is 1. The van der Waals surface area contributed by atoms with Gasteiger partial charge in [0, 0.05) is 31.9 Å². The molecule has 0 saturated carbocycles. The van der Waals surface area contributed by atoms with Crippen LogP contribution in [0.15, 0.2) is 36.4 Å². The lowest BCUT2D eigenvalue weighted by molar-refractivity contribution is -0.384. The summed E-state index contributed by atoms with van der Waals surface area (Å²) in [6, 6.07) is 10.1. The maximum atomic E-state index is 12.5. The Labute approximate surface area is 152 Å². The summed E-state index contributed by atoms with van der Waals surface area (Å²) >= 11 is 0. The van der Waals surface area contributed by atoms with Crippen molar-refractivity contribution < 1.29 is 14.5 Å². The average Bonchev–Trinajstić information content (AvgIpc) is 2.59. The Hall–Kier alpha value is -3.09. The largest absolute Gasteiger partial charge is 0.491 e. The Morgan fingerprint density at radius 3 is 2.54 bits per heavy atom. The molecule has 0 fully saturated rings. The monoisotopic (exact) mass is 357 g/mol. The molecule has 0 heterocycles. The highest BCUT2D eigenvalue weighted by Gasteiger charge is 2.17. The van der Waals surface area contributed by atoms with Crippen molar-refractivity contribution in [2.75, 3.05) is 32.1 Å². The number of amides is 1. The third-order valence-electron chi connectivity index (χ3n) is 3.89. The summed E-state index contributed by atoms with van der Waals surface area (Å²) in [4.78, 5) is 24.6. The molecule has 0 aliphatic rings. The summed E-state index contributed by atoms with van der Waals surface area (Å²) in [5.41, 5.74) is 2.95. The Morgan fingerprint density at radius 2 is 1.92 bits per heavy atom. The average molecular weight is 357 g/mol. The van der Waals surface area contributed by atoms with Crippen molar-refractivity contribution in [3.63, 3.8) is 0 Å². The number of nitro groups is 1. The number of non-ortho nitro benzene ring substituents is 1. The summed E-state index contributed by atoms with van der Waals surface area (Å²) in [5, 5.41) is 13.7. The van der Waals surface area contributed by atoms with Crippen molar-refractivity contribution >= 4 is 17.3 Å². The van der Waals surface area contributed by atoms with Gasteiger partial charge in [-0.3, -0.25) is 14.9 Å². The van der Waals surface area contributed by atoms with Gasteiger partial charge in [-0.2, -0.15) is 0 Å². The first-order valence-corrected chi connectivity index (χ1v) is 8.23. The van der Waals surface area contributed by atoms with Gasteiger partial charge in [0.25, 0.3) is 11.6 Å². The van der Waals surface area contributed by atoms with Crippen molar-refractivity contribution in [2.45, 2.75) is 13.8 Å². The third-order valence-corrected chi connectivity index (χ3v) is 3.89. The van der Waals surface area contributed by atoms with E-state index in [4.69, 9.17) is 4.74 Å². The predicted octanol–water partition coefficient (Wildman–Crippen LogP) is 3.09. The van der Waals surface area contributed by atoms with Crippen LogP contribution in [0.3, 0.4) is 0 Å². The molecule has 2 aromatic carbocycles. The fourth-order valence-corrected chi connectivity index (χ4v) is 2.59. The Morgan fingerprint density at radius 1 is 1.19 bits per heavy atom. The highest BCUT2D eigenvalue weighted by molar-refractivity contribution is 6.00. The van der Waals surface area contributed by atoms with E-state index in [0.717, 1.165) is 16.9 Å². The maximum absolute atomic E-state index is 12.5. The molecule has 7 heteroatoms. The van der Waals surface area contributed by atoms with Gasteiger partial charge < -0.3 is 15.0 Å². The van der Waals surface area contributed by atoms with Gasteiger partial charge in [0.1, 0.15) is 12.4 Å². The number of benzene rings is 2. The van der Waals surface area contributed by atoms with Crippen molar-refractivity contribution in [1.82, 2.24) is 5.32 Å². The fourth-order valence-electron chi connectivity index (χ4n) is 2.59. The summed E-state index contributed by atoms with van der Waals surface area (Å²) in [6.45, 7) is 4.58.